The smallest absolute Gasteiger partial charge is 0.0752 e. The van der Waals surface area contributed by atoms with Crippen LogP contribution in [0, 0.1) is 5.92 Å². The Bertz CT molecular complexity index is 186. The molecule has 1 heterocycles. The summed E-state index contributed by atoms with van der Waals surface area (Å²) in [6.07, 6.45) is 1.15. The lowest BCUT2D eigenvalue weighted by atomic mass is 10.1. The van der Waals surface area contributed by atoms with Crippen LogP contribution in [-0.4, -0.2) is 50.0 Å². The van der Waals surface area contributed by atoms with Crippen LogP contribution in [0.5, 0.6) is 0 Å². The monoisotopic (exact) mass is 229 g/mol. The van der Waals surface area contributed by atoms with Gasteiger partial charge in [0, 0.05) is 26.2 Å². The zero-order valence-corrected chi connectivity index (χ0v) is 11.3. The van der Waals surface area contributed by atoms with Crippen LogP contribution in [0.15, 0.2) is 0 Å². The van der Waals surface area contributed by atoms with E-state index in [0.29, 0.717) is 0 Å². The summed E-state index contributed by atoms with van der Waals surface area (Å²) < 4.78 is 11.3. The molecule has 0 aromatic rings. The van der Waals surface area contributed by atoms with Crippen molar-refractivity contribution in [2.24, 2.45) is 5.92 Å². The van der Waals surface area contributed by atoms with Crippen LogP contribution < -0.4 is 0 Å². The molecule has 0 amide bonds. The maximum Gasteiger partial charge on any atom is 0.0752 e. The minimum atomic E-state index is -0.0355. The lowest BCUT2D eigenvalue weighted by Crippen LogP contribution is -2.46. The van der Waals surface area contributed by atoms with Crippen LogP contribution >= 0.6 is 0 Å². The number of hydrogen-bond donors (Lipinski definition) is 0. The molecule has 0 aromatic carbocycles. The largest absolute Gasteiger partial charge is 0.379 e. The number of rotatable bonds is 6. The van der Waals surface area contributed by atoms with E-state index in [1.807, 2.05) is 0 Å². The molecular weight excluding hydrogens is 202 g/mol. The Kier molecular flexibility index (Phi) is 5.73. The van der Waals surface area contributed by atoms with Gasteiger partial charge in [-0.3, -0.25) is 4.90 Å². The van der Waals surface area contributed by atoms with E-state index in [4.69, 9.17) is 9.47 Å². The summed E-state index contributed by atoms with van der Waals surface area (Å²) in [7, 11) is 0. The molecule has 0 saturated carbocycles. The molecule has 0 N–H and O–H groups in total. The Hall–Kier alpha value is -0.120. The highest BCUT2D eigenvalue weighted by molar-refractivity contribution is 4.76. The molecule has 1 aliphatic rings. The third-order valence-corrected chi connectivity index (χ3v) is 2.90. The minimum Gasteiger partial charge on any atom is -0.379 e. The van der Waals surface area contributed by atoms with Gasteiger partial charge < -0.3 is 9.47 Å². The molecule has 0 unspecified atom stereocenters. The molecular formula is C13H27NO2. The second-order valence-electron chi connectivity index (χ2n) is 5.68. The van der Waals surface area contributed by atoms with Crippen molar-refractivity contribution >= 4 is 0 Å². The molecule has 0 aromatic heterocycles. The van der Waals surface area contributed by atoms with Gasteiger partial charge in [0.2, 0.25) is 0 Å². The first-order valence-electron chi connectivity index (χ1n) is 6.44. The lowest BCUT2D eigenvalue weighted by Gasteiger charge is -2.35. The van der Waals surface area contributed by atoms with Crippen LogP contribution in [0.4, 0.5) is 0 Å². The highest BCUT2D eigenvalue weighted by Gasteiger charge is 2.23. The molecule has 3 heteroatoms. The van der Waals surface area contributed by atoms with E-state index in [1.54, 1.807) is 0 Å². The van der Waals surface area contributed by atoms with Crippen LogP contribution in [-0.2, 0) is 9.47 Å². The standard InChI is InChI=1S/C13H27NO2/c1-12(2)5-8-16-13(3,4)11-14-6-9-15-10-7-14/h12H,5-11H2,1-4H3. The molecule has 16 heavy (non-hydrogen) atoms. The topological polar surface area (TPSA) is 21.7 Å². The molecule has 96 valence electrons. The van der Waals surface area contributed by atoms with Crippen molar-refractivity contribution in [3.8, 4) is 0 Å². The average molecular weight is 229 g/mol. The Morgan fingerprint density at radius 1 is 1.25 bits per heavy atom. The number of hydrogen-bond acceptors (Lipinski definition) is 3. The maximum absolute atomic E-state index is 5.96. The van der Waals surface area contributed by atoms with Gasteiger partial charge in [-0.2, -0.15) is 0 Å². The first kappa shape index (κ1) is 13.9. The van der Waals surface area contributed by atoms with Crippen LogP contribution in [0.1, 0.15) is 34.1 Å². The third kappa shape index (κ3) is 5.83. The van der Waals surface area contributed by atoms with Gasteiger partial charge in [0.05, 0.1) is 18.8 Å². The summed E-state index contributed by atoms with van der Waals surface area (Å²) in [5, 5.41) is 0. The fraction of sp³-hybridized carbons (Fsp3) is 1.00. The Morgan fingerprint density at radius 2 is 1.88 bits per heavy atom. The van der Waals surface area contributed by atoms with Crippen LogP contribution in [0.25, 0.3) is 0 Å². The van der Waals surface area contributed by atoms with E-state index in [1.165, 1.54) is 0 Å². The molecule has 0 radical (unpaired) electrons. The molecule has 1 fully saturated rings. The fourth-order valence-corrected chi connectivity index (χ4v) is 1.91. The summed E-state index contributed by atoms with van der Waals surface area (Å²) in [6.45, 7) is 14.5. The van der Waals surface area contributed by atoms with Crippen molar-refractivity contribution in [2.45, 2.75) is 39.7 Å². The summed E-state index contributed by atoms with van der Waals surface area (Å²) in [6, 6.07) is 0. The van der Waals surface area contributed by atoms with Crippen molar-refractivity contribution in [2.75, 3.05) is 39.5 Å². The quantitative estimate of drug-likeness (QED) is 0.696. The van der Waals surface area contributed by atoms with Gasteiger partial charge in [0.15, 0.2) is 0 Å². The summed E-state index contributed by atoms with van der Waals surface area (Å²) in [4.78, 5) is 2.43. The van der Waals surface area contributed by atoms with Gasteiger partial charge in [0.25, 0.3) is 0 Å². The summed E-state index contributed by atoms with van der Waals surface area (Å²) in [5.74, 6) is 0.721. The molecule has 0 atom stereocenters. The van der Waals surface area contributed by atoms with Gasteiger partial charge in [-0.15, -0.1) is 0 Å². The fourth-order valence-electron chi connectivity index (χ4n) is 1.91. The first-order chi connectivity index (χ1) is 7.49. The van der Waals surface area contributed by atoms with Crippen molar-refractivity contribution < 1.29 is 9.47 Å². The zero-order chi connectivity index (χ0) is 12.0. The maximum atomic E-state index is 5.96. The third-order valence-electron chi connectivity index (χ3n) is 2.90. The zero-order valence-electron chi connectivity index (χ0n) is 11.3. The molecule has 3 nitrogen and oxygen atoms in total. The second-order valence-corrected chi connectivity index (χ2v) is 5.68. The highest BCUT2D eigenvalue weighted by atomic mass is 16.5. The summed E-state index contributed by atoms with van der Waals surface area (Å²) in [5.41, 5.74) is -0.0355. The van der Waals surface area contributed by atoms with E-state index in [-0.39, 0.29) is 5.60 Å². The van der Waals surface area contributed by atoms with E-state index in [2.05, 4.69) is 32.6 Å². The SMILES string of the molecule is CC(C)CCOC(C)(C)CN1CCOCC1. The molecule has 0 spiro atoms. The first-order valence-corrected chi connectivity index (χ1v) is 6.44. The predicted molar refractivity (Wildman–Crippen MR) is 66.7 cm³/mol. The normalized spacial score (nSPS) is 19.3. The molecule has 1 rings (SSSR count). The predicted octanol–water partition coefficient (Wildman–Crippen LogP) is 2.16. The molecule has 0 bridgehead atoms. The van der Waals surface area contributed by atoms with Gasteiger partial charge >= 0.3 is 0 Å². The number of morpholine rings is 1. The van der Waals surface area contributed by atoms with Gasteiger partial charge in [-0.1, -0.05) is 13.8 Å². The Labute approximate surface area is 100 Å². The van der Waals surface area contributed by atoms with Crippen LogP contribution in [0.2, 0.25) is 0 Å². The molecule has 0 aliphatic carbocycles. The second kappa shape index (κ2) is 6.58. The molecule has 1 aliphatic heterocycles. The van der Waals surface area contributed by atoms with Gasteiger partial charge in [-0.25, -0.2) is 0 Å². The van der Waals surface area contributed by atoms with Gasteiger partial charge in [0.1, 0.15) is 0 Å². The van der Waals surface area contributed by atoms with E-state index in [0.717, 1.165) is 51.8 Å². The van der Waals surface area contributed by atoms with E-state index < -0.39 is 0 Å². The molecule has 1 saturated heterocycles. The van der Waals surface area contributed by atoms with Crippen molar-refractivity contribution in [1.82, 2.24) is 4.90 Å². The Balaban J connectivity index is 2.21. The summed E-state index contributed by atoms with van der Waals surface area (Å²) >= 11 is 0. The number of ether oxygens (including phenoxy) is 2. The van der Waals surface area contributed by atoms with E-state index >= 15 is 0 Å². The minimum absolute atomic E-state index is 0.0355. The van der Waals surface area contributed by atoms with Crippen molar-refractivity contribution in [3.05, 3.63) is 0 Å². The lowest BCUT2D eigenvalue weighted by molar-refractivity contribution is -0.0613. The van der Waals surface area contributed by atoms with Crippen molar-refractivity contribution in [1.29, 1.82) is 0 Å². The highest BCUT2D eigenvalue weighted by Crippen LogP contribution is 2.14. The van der Waals surface area contributed by atoms with Crippen molar-refractivity contribution in [3.63, 3.8) is 0 Å². The number of nitrogens with zero attached hydrogens (tertiary/aromatic N) is 1. The van der Waals surface area contributed by atoms with E-state index in [9.17, 15) is 0 Å². The Morgan fingerprint density at radius 3 is 2.44 bits per heavy atom. The van der Waals surface area contributed by atoms with Gasteiger partial charge in [-0.05, 0) is 26.2 Å². The average Bonchev–Trinajstić information content (AvgIpc) is 2.17. The van der Waals surface area contributed by atoms with Crippen LogP contribution in [0.3, 0.4) is 0 Å².